The minimum atomic E-state index is -0.147. The van der Waals surface area contributed by atoms with Crippen molar-refractivity contribution in [1.82, 2.24) is 9.80 Å². The first-order valence-electron chi connectivity index (χ1n) is 7.68. The summed E-state index contributed by atoms with van der Waals surface area (Å²) in [6, 6.07) is 0.345. The molecule has 0 bridgehead atoms. The maximum atomic E-state index is 12.3. The molecule has 4 nitrogen and oxygen atoms in total. The van der Waals surface area contributed by atoms with Gasteiger partial charge in [0.25, 0.3) is 0 Å². The Labute approximate surface area is 116 Å². The van der Waals surface area contributed by atoms with E-state index >= 15 is 0 Å². The molecule has 1 saturated heterocycles. The van der Waals surface area contributed by atoms with Gasteiger partial charge in [-0.1, -0.05) is 0 Å². The standard InChI is InChI=1S/C15H28N2O2/c1-16-9-3-4-12(11-16)10-15(19)17(2)13-5-7-14(18)8-6-13/h12-14,18H,3-11H2,1-2H3. The molecule has 1 atom stereocenters. The summed E-state index contributed by atoms with van der Waals surface area (Å²) >= 11 is 0. The van der Waals surface area contributed by atoms with Gasteiger partial charge in [0.2, 0.25) is 5.91 Å². The Balaban J connectivity index is 1.78. The molecular formula is C15H28N2O2. The molecule has 1 saturated carbocycles. The molecule has 1 heterocycles. The zero-order valence-electron chi connectivity index (χ0n) is 12.3. The third-order valence-corrected chi connectivity index (χ3v) is 4.79. The number of hydrogen-bond donors (Lipinski definition) is 1. The molecule has 0 radical (unpaired) electrons. The second-order valence-electron chi connectivity index (χ2n) is 6.44. The molecule has 110 valence electrons. The fourth-order valence-electron chi connectivity index (χ4n) is 3.48. The lowest BCUT2D eigenvalue weighted by atomic mass is 9.90. The van der Waals surface area contributed by atoms with Gasteiger partial charge in [-0.25, -0.2) is 0 Å². The number of amides is 1. The van der Waals surface area contributed by atoms with Gasteiger partial charge < -0.3 is 14.9 Å². The second-order valence-corrected chi connectivity index (χ2v) is 6.44. The lowest BCUT2D eigenvalue weighted by Crippen LogP contribution is -2.42. The molecule has 2 aliphatic rings. The van der Waals surface area contributed by atoms with Crippen LogP contribution in [0.1, 0.15) is 44.9 Å². The van der Waals surface area contributed by atoms with Crippen molar-refractivity contribution < 1.29 is 9.90 Å². The van der Waals surface area contributed by atoms with Crippen LogP contribution in [0.2, 0.25) is 0 Å². The van der Waals surface area contributed by atoms with Crippen LogP contribution in [-0.4, -0.2) is 60.1 Å². The molecule has 1 amide bonds. The SMILES string of the molecule is CN1CCCC(CC(=O)N(C)C2CCC(O)CC2)C1. The highest BCUT2D eigenvalue weighted by Crippen LogP contribution is 2.25. The molecule has 2 fully saturated rings. The van der Waals surface area contributed by atoms with Gasteiger partial charge in [-0.05, 0) is 58.0 Å². The van der Waals surface area contributed by atoms with Crippen LogP contribution in [0, 0.1) is 5.92 Å². The van der Waals surface area contributed by atoms with E-state index in [0.717, 1.165) is 32.2 Å². The summed E-state index contributed by atoms with van der Waals surface area (Å²) in [5.74, 6) is 0.824. The fourth-order valence-corrected chi connectivity index (χ4v) is 3.48. The Morgan fingerprint density at radius 1 is 1.26 bits per heavy atom. The molecule has 1 aliphatic carbocycles. The molecular weight excluding hydrogens is 240 g/mol. The number of hydrogen-bond acceptors (Lipinski definition) is 3. The average molecular weight is 268 g/mol. The zero-order chi connectivity index (χ0) is 13.8. The number of carbonyl (C=O) groups is 1. The van der Waals surface area contributed by atoms with Crippen LogP contribution >= 0.6 is 0 Å². The van der Waals surface area contributed by atoms with Crippen molar-refractivity contribution >= 4 is 5.91 Å². The smallest absolute Gasteiger partial charge is 0.222 e. The number of aliphatic hydroxyl groups is 1. The van der Waals surface area contributed by atoms with Gasteiger partial charge in [0.05, 0.1) is 6.10 Å². The van der Waals surface area contributed by atoms with E-state index in [2.05, 4.69) is 11.9 Å². The van der Waals surface area contributed by atoms with Crippen LogP contribution in [-0.2, 0) is 4.79 Å². The van der Waals surface area contributed by atoms with Crippen molar-refractivity contribution in [3.05, 3.63) is 0 Å². The highest BCUT2D eigenvalue weighted by atomic mass is 16.3. The molecule has 19 heavy (non-hydrogen) atoms. The average Bonchev–Trinajstić information content (AvgIpc) is 2.39. The molecule has 1 aliphatic heterocycles. The first kappa shape index (κ1) is 14.8. The summed E-state index contributed by atoms with van der Waals surface area (Å²) in [5.41, 5.74) is 0. The highest BCUT2D eigenvalue weighted by Gasteiger charge is 2.27. The van der Waals surface area contributed by atoms with Crippen molar-refractivity contribution in [2.45, 2.75) is 57.1 Å². The van der Waals surface area contributed by atoms with Gasteiger partial charge in [0.15, 0.2) is 0 Å². The van der Waals surface area contributed by atoms with Crippen molar-refractivity contribution in [1.29, 1.82) is 0 Å². The number of piperidine rings is 1. The number of nitrogens with zero attached hydrogens (tertiary/aromatic N) is 2. The highest BCUT2D eigenvalue weighted by molar-refractivity contribution is 5.76. The minimum absolute atomic E-state index is 0.147. The van der Waals surface area contributed by atoms with E-state index < -0.39 is 0 Å². The number of likely N-dealkylation sites (tertiary alicyclic amines) is 1. The summed E-state index contributed by atoms with van der Waals surface area (Å²) in [5, 5.41) is 9.53. The summed E-state index contributed by atoms with van der Waals surface area (Å²) < 4.78 is 0. The van der Waals surface area contributed by atoms with Gasteiger partial charge in [-0.2, -0.15) is 0 Å². The number of carbonyl (C=O) groups excluding carboxylic acids is 1. The van der Waals surface area contributed by atoms with Gasteiger partial charge >= 0.3 is 0 Å². The molecule has 1 unspecified atom stereocenters. The van der Waals surface area contributed by atoms with E-state index in [4.69, 9.17) is 0 Å². The van der Waals surface area contributed by atoms with Gasteiger partial charge in [0, 0.05) is 26.1 Å². The lowest BCUT2D eigenvalue weighted by molar-refractivity contribution is -0.134. The summed E-state index contributed by atoms with van der Waals surface area (Å²) in [6.45, 7) is 2.23. The molecule has 0 spiro atoms. The van der Waals surface area contributed by atoms with Crippen LogP contribution in [0.4, 0.5) is 0 Å². The third-order valence-electron chi connectivity index (χ3n) is 4.79. The topological polar surface area (TPSA) is 43.8 Å². The van der Waals surface area contributed by atoms with Crippen molar-refractivity contribution in [2.24, 2.45) is 5.92 Å². The Bertz CT molecular complexity index is 301. The molecule has 4 heteroatoms. The largest absolute Gasteiger partial charge is 0.393 e. The zero-order valence-corrected chi connectivity index (χ0v) is 12.3. The predicted molar refractivity (Wildman–Crippen MR) is 75.9 cm³/mol. The van der Waals surface area contributed by atoms with E-state index in [-0.39, 0.29) is 6.10 Å². The molecule has 0 aromatic rings. The molecule has 2 rings (SSSR count). The van der Waals surface area contributed by atoms with E-state index in [1.807, 2.05) is 11.9 Å². The predicted octanol–water partition coefficient (Wildman–Crippen LogP) is 1.48. The monoisotopic (exact) mass is 268 g/mol. The Hall–Kier alpha value is -0.610. The van der Waals surface area contributed by atoms with Crippen molar-refractivity contribution in [3.63, 3.8) is 0 Å². The van der Waals surface area contributed by atoms with E-state index in [0.29, 0.717) is 24.3 Å². The van der Waals surface area contributed by atoms with E-state index in [1.54, 1.807) is 0 Å². The Kier molecular flexibility index (Phi) is 5.22. The maximum absolute atomic E-state index is 12.3. The lowest BCUT2D eigenvalue weighted by Gasteiger charge is -2.35. The van der Waals surface area contributed by atoms with Crippen LogP contribution in [0.5, 0.6) is 0 Å². The van der Waals surface area contributed by atoms with Gasteiger partial charge in [-0.3, -0.25) is 4.79 Å². The quantitative estimate of drug-likeness (QED) is 0.843. The second kappa shape index (κ2) is 6.71. The van der Waals surface area contributed by atoms with Crippen LogP contribution in [0.3, 0.4) is 0 Å². The first-order valence-corrected chi connectivity index (χ1v) is 7.68. The normalized spacial score (nSPS) is 33.1. The van der Waals surface area contributed by atoms with E-state index in [9.17, 15) is 9.90 Å². The van der Waals surface area contributed by atoms with Crippen LogP contribution < -0.4 is 0 Å². The van der Waals surface area contributed by atoms with Gasteiger partial charge in [0.1, 0.15) is 0 Å². The molecule has 0 aromatic carbocycles. The maximum Gasteiger partial charge on any atom is 0.222 e. The van der Waals surface area contributed by atoms with Crippen LogP contribution in [0.15, 0.2) is 0 Å². The number of rotatable bonds is 3. The first-order chi connectivity index (χ1) is 9.06. The summed E-state index contributed by atoms with van der Waals surface area (Å²) in [7, 11) is 4.08. The minimum Gasteiger partial charge on any atom is -0.393 e. The summed E-state index contributed by atoms with van der Waals surface area (Å²) in [6.07, 6.45) is 6.54. The van der Waals surface area contributed by atoms with Crippen LogP contribution in [0.25, 0.3) is 0 Å². The Morgan fingerprint density at radius 2 is 1.95 bits per heavy atom. The Morgan fingerprint density at radius 3 is 2.58 bits per heavy atom. The van der Waals surface area contributed by atoms with Crippen molar-refractivity contribution in [2.75, 3.05) is 27.2 Å². The molecule has 1 N–H and O–H groups in total. The van der Waals surface area contributed by atoms with Crippen molar-refractivity contribution in [3.8, 4) is 0 Å². The third kappa shape index (κ3) is 4.18. The number of aliphatic hydroxyl groups excluding tert-OH is 1. The fraction of sp³-hybridized carbons (Fsp3) is 0.933. The molecule has 0 aromatic heterocycles. The van der Waals surface area contributed by atoms with Gasteiger partial charge in [-0.15, -0.1) is 0 Å². The summed E-state index contributed by atoms with van der Waals surface area (Å²) in [4.78, 5) is 16.6. The van der Waals surface area contributed by atoms with E-state index in [1.165, 1.54) is 19.4 Å².